The van der Waals surface area contributed by atoms with Gasteiger partial charge in [0.25, 0.3) is 0 Å². The summed E-state index contributed by atoms with van der Waals surface area (Å²) >= 11 is 0. The lowest BCUT2D eigenvalue weighted by Crippen LogP contribution is -2.58. The van der Waals surface area contributed by atoms with Crippen molar-refractivity contribution >= 4 is 11.8 Å². The van der Waals surface area contributed by atoms with E-state index >= 15 is 0 Å². The molecule has 136 valence electrons. The maximum absolute atomic E-state index is 12.7. The van der Waals surface area contributed by atoms with Crippen LogP contribution in [-0.4, -0.2) is 70.3 Å². The summed E-state index contributed by atoms with van der Waals surface area (Å²) in [5, 5.41) is 0. The number of piperidine rings is 2. The van der Waals surface area contributed by atoms with E-state index in [-0.39, 0.29) is 18.0 Å². The molecule has 0 aromatic rings. The number of likely N-dealkylation sites (tertiary alicyclic amines) is 2. The van der Waals surface area contributed by atoms with Gasteiger partial charge in [-0.15, -0.1) is 0 Å². The lowest BCUT2D eigenvalue weighted by Gasteiger charge is -2.47. The molecule has 0 unspecified atom stereocenters. The van der Waals surface area contributed by atoms with Gasteiger partial charge in [-0.3, -0.25) is 14.5 Å². The largest absolute Gasteiger partial charge is 0.337 e. The van der Waals surface area contributed by atoms with Crippen molar-refractivity contribution in [1.29, 1.82) is 0 Å². The predicted octanol–water partition coefficient (Wildman–Crippen LogP) is 2.11. The molecule has 2 heterocycles. The maximum atomic E-state index is 12.7. The summed E-state index contributed by atoms with van der Waals surface area (Å²) in [7, 11) is 0. The van der Waals surface area contributed by atoms with Crippen LogP contribution in [-0.2, 0) is 9.59 Å². The zero-order chi connectivity index (χ0) is 17.4. The zero-order valence-corrected chi connectivity index (χ0v) is 15.7. The summed E-state index contributed by atoms with van der Waals surface area (Å²) in [5.74, 6) is 1.16. The van der Waals surface area contributed by atoms with E-state index in [1.54, 1.807) is 0 Å². The van der Waals surface area contributed by atoms with Gasteiger partial charge in [-0.05, 0) is 59.3 Å². The highest BCUT2D eigenvalue weighted by atomic mass is 16.2. The minimum Gasteiger partial charge on any atom is -0.337 e. The Bertz CT molecular complexity index is 479. The van der Waals surface area contributed by atoms with Crippen LogP contribution in [0.5, 0.6) is 0 Å². The van der Waals surface area contributed by atoms with Crippen LogP contribution in [0.3, 0.4) is 0 Å². The highest BCUT2D eigenvalue weighted by Gasteiger charge is 2.45. The van der Waals surface area contributed by atoms with E-state index < -0.39 is 0 Å². The predicted molar refractivity (Wildman–Crippen MR) is 94.6 cm³/mol. The van der Waals surface area contributed by atoms with Crippen LogP contribution in [0.1, 0.15) is 59.8 Å². The van der Waals surface area contributed by atoms with Gasteiger partial charge in [-0.2, -0.15) is 0 Å². The summed E-state index contributed by atoms with van der Waals surface area (Å²) in [6.45, 7) is 10.8. The Morgan fingerprint density at radius 2 is 1.79 bits per heavy atom. The SMILES string of the molecule is CC(C)N(C(=O)CN1CC[C@H]2[C@H](CCC(=O)N2C2CC2)C1)C(C)C. The molecule has 2 aliphatic heterocycles. The number of amides is 2. The second-order valence-electron chi connectivity index (χ2n) is 8.41. The van der Waals surface area contributed by atoms with Gasteiger partial charge in [0.2, 0.25) is 11.8 Å². The third kappa shape index (κ3) is 3.61. The Balaban J connectivity index is 1.59. The Kier molecular flexibility index (Phi) is 5.19. The van der Waals surface area contributed by atoms with Crippen molar-refractivity contribution in [3.05, 3.63) is 0 Å². The molecule has 0 bridgehead atoms. The number of fused-ring (bicyclic) bond motifs is 1. The molecule has 2 saturated heterocycles. The van der Waals surface area contributed by atoms with Crippen LogP contribution < -0.4 is 0 Å². The number of hydrogen-bond acceptors (Lipinski definition) is 3. The summed E-state index contributed by atoms with van der Waals surface area (Å²) in [6.07, 6.45) is 5.10. The van der Waals surface area contributed by atoms with E-state index in [0.29, 0.717) is 36.9 Å². The monoisotopic (exact) mass is 335 g/mol. The Morgan fingerprint density at radius 1 is 1.12 bits per heavy atom. The summed E-state index contributed by atoms with van der Waals surface area (Å²) in [6, 6.07) is 1.44. The third-order valence-corrected chi connectivity index (χ3v) is 5.85. The highest BCUT2D eigenvalue weighted by molar-refractivity contribution is 5.79. The highest BCUT2D eigenvalue weighted by Crippen LogP contribution is 2.38. The minimum atomic E-state index is 0.240. The average molecular weight is 335 g/mol. The Hall–Kier alpha value is -1.10. The number of carbonyl (C=O) groups is 2. The van der Waals surface area contributed by atoms with Crippen LogP contribution in [0.25, 0.3) is 0 Å². The van der Waals surface area contributed by atoms with Crippen molar-refractivity contribution in [3.63, 3.8) is 0 Å². The molecule has 0 radical (unpaired) electrons. The fraction of sp³-hybridized carbons (Fsp3) is 0.895. The third-order valence-electron chi connectivity index (χ3n) is 5.85. The van der Waals surface area contributed by atoms with E-state index in [9.17, 15) is 9.59 Å². The van der Waals surface area contributed by atoms with Gasteiger partial charge >= 0.3 is 0 Å². The molecule has 3 fully saturated rings. The number of nitrogens with zero attached hydrogens (tertiary/aromatic N) is 3. The van der Waals surface area contributed by atoms with E-state index in [0.717, 1.165) is 25.9 Å². The molecule has 0 aromatic heterocycles. The average Bonchev–Trinajstić information content (AvgIpc) is 3.31. The molecular weight excluding hydrogens is 302 g/mol. The second kappa shape index (κ2) is 7.03. The molecule has 1 saturated carbocycles. The van der Waals surface area contributed by atoms with Gasteiger partial charge < -0.3 is 9.80 Å². The van der Waals surface area contributed by atoms with Gasteiger partial charge in [0.15, 0.2) is 0 Å². The number of rotatable bonds is 5. The lowest BCUT2D eigenvalue weighted by atomic mass is 9.83. The zero-order valence-electron chi connectivity index (χ0n) is 15.7. The minimum absolute atomic E-state index is 0.240. The van der Waals surface area contributed by atoms with Crippen LogP contribution in [0.2, 0.25) is 0 Å². The van der Waals surface area contributed by atoms with Crippen LogP contribution in [0.4, 0.5) is 0 Å². The molecule has 1 aliphatic carbocycles. The molecule has 3 rings (SSSR count). The first-order chi connectivity index (χ1) is 11.4. The topological polar surface area (TPSA) is 43.9 Å². The fourth-order valence-corrected chi connectivity index (χ4v) is 4.78. The number of carbonyl (C=O) groups excluding carboxylic acids is 2. The first-order valence-corrected chi connectivity index (χ1v) is 9.73. The first-order valence-electron chi connectivity index (χ1n) is 9.73. The Morgan fingerprint density at radius 3 is 2.38 bits per heavy atom. The van der Waals surface area contributed by atoms with Crippen molar-refractivity contribution in [3.8, 4) is 0 Å². The fourth-order valence-electron chi connectivity index (χ4n) is 4.78. The molecule has 5 nitrogen and oxygen atoms in total. The van der Waals surface area contributed by atoms with E-state index in [1.807, 2.05) is 4.90 Å². The van der Waals surface area contributed by atoms with E-state index in [2.05, 4.69) is 37.5 Å². The molecule has 0 N–H and O–H groups in total. The van der Waals surface area contributed by atoms with Crippen LogP contribution >= 0.6 is 0 Å². The normalized spacial score (nSPS) is 28.4. The smallest absolute Gasteiger partial charge is 0.237 e. The Labute approximate surface area is 146 Å². The van der Waals surface area contributed by atoms with Crippen LogP contribution in [0, 0.1) is 5.92 Å². The molecular formula is C19H33N3O2. The quantitative estimate of drug-likeness (QED) is 0.773. The van der Waals surface area contributed by atoms with Crippen molar-refractivity contribution < 1.29 is 9.59 Å². The van der Waals surface area contributed by atoms with E-state index in [4.69, 9.17) is 0 Å². The van der Waals surface area contributed by atoms with Crippen molar-refractivity contribution in [2.75, 3.05) is 19.6 Å². The van der Waals surface area contributed by atoms with Crippen molar-refractivity contribution in [2.45, 2.75) is 84.0 Å². The first kappa shape index (κ1) is 17.7. The summed E-state index contributed by atoms with van der Waals surface area (Å²) in [4.78, 5) is 31.5. The van der Waals surface area contributed by atoms with E-state index in [1.165, 1.54) is 12.8 Å². The maximum Gasteiger partial charge on any atom is 0.237 e. The summed E-state index contributed by atoms with van der Waals surface area (Å²) < 4.78 is 0. The van der Waals surface area contributed by atoms with Crippen LogP contribution in [0.15, 0.2) is 0 Å². The van der Waals surface area contributed by atoms with Crippen molar-refractivity contribution in [1.82, 2.24) is 14.7 Å². The van der Waals surface area contributed by atoms with Gasteiger partial charge in [-0.1, -0.05) is 0 Å². The summed E-state index contributed by atoms with van der Waals surface area (Å²) in [5.41, 5.74) is 0. The van der Waals surface area contributed by atoms with Gasteiger partial charge in [0, 0.05) is 43.7 Å². The molecule has 2 amide bonds. The molecule has 2 atom stereocenters. The van der Waals surface area contributed by atoms with Gasteiger partial charge in [0.1, 0.15) is 0 Å². The lowest BCUT2D eigenvalue weighted by molar-refractivity contribution is -0.144. The van der Waals surface area contributed by atoms with Gasteiger partial charge in [0.05, 0.1) is 6.54 Å². The van der Waals surface area contributed by atoms with Crippen molar-refractivity contribution in [2.24, 2.45) is 5.92 Å². The standard InChI is InChI=1S/C19H33N3O2/c1-13(2)21(14(3)4)19(24)12-20-10-9-17-15(11-20)5-8-18(23)22(17)16-6-7-16/h13-17H,5-12H2,1-4H3/t15-,17+/m1/s1. The second-order valence-corrected chi connectivity index (χ2v) is 8.41. The van der Waals surface area contributed by atoms with Gasteiger partial charge in [-0.25, -0.2) is 0 Å². The molecule has 5 heteroatoms. The molecule has 0 aromatic carbocycles. The molecule has 24 heavy (non-hydrogen) atoms. The molecule has 3 aliphatic rings. The molecule has 0 spiro atoms. The number of hydrogen-bond donors (Lipinski definition) is 0.